The number of rotatable bonds is 4. The van der Waals surface area contributed by atoms with E-state index in [2.05, 4.69) is 31.2 Å². The number of halogens is 1. The molecule has 0 heterocycles. The van der Waals surface area contributed by atoms with Crippen molar-refractivity contribution in [2.75, 3.05) is 6.61 Å². The Morgan fingerprint density at radius 3 is 2.65 bits per heavy atom. The number of carbonyl (C=O) groups excluding carboxylic acids is 2. The number of benzene rings is 1. The Bertz CT molecular complexity index is 429. The highest BCUT2D eigenvalue weighted by molar-refractivity contribution is 9.10. The highest BCUT2D eigenvalue weighted by atomic mass is 79.9. The second kappa shape index (κ2) is 6.80. The minimum atomic E-state index is -0.594. The summed E-state index contributed by atoms with van der Waals surface area (Å²) in [7, 11) is 0. The maximum absolute atomic E-state index is 11.5. The van der Waals surface area contributed by atoms with E-state index < -0.39 is 11.9 Å². The molecule has 1 aromatic rings. The van der Waals surface area contributed by atoms with Gasteiger partial charge in [-0.2, -0.15) is 5.10 Å². The van der Waals surface area contributed by atoms with E-state index in [4.69, 9.17) is 0 Å². The first-order valence-corrected chi connectivity index (χ1v) is 5.68. The van der Waals surface area contributed by atoms with Crippen LogP contribution in [-0.2, 0) is 9.53 Å². The Balaban J connectivity index is 2.50. The lowest BCUT2D eigenvalue weighted by atomic mass is 10.2. The van der Waals surface area contributed by atoms with Crippen molar-refractivity contribution < 1.29 is 14.3 Å². The van der Waals surface area contributed by atoms with Gasteiger partial charge in [-0.05, 0) is 31.2 Å². The highest BCUT2D eigenvalue weighted by Gasteiger charge is 2.03. The first kappa shape index (κ1) is 13.4. The van der Waals surface area contributed by atoms with Gasteiger partial charge in [0.1, 0.15) is 6.21 Å². The molecule has 0 saturated carbocycles. The van der Waals surface area contributed by atoms with E-state index >= 15 is 0 Å². The third kappa shape index (κ3) is 4.78. The molecule has 1 aromatic carbocycles. The quantitative estimate of drug-likeness (QED) is 0.523. The predicted molar refractivity (Wildman–Crippen MR) is 66.7 cm³/mol. The van der Waals surface area contributed by atoms with Crippen LogP contribution in [0.3, 0.4) is 0 Å². The van der Waals surface area contributed by atoms with Gasteiger partial charge >= 0.3 is 5.97 Å². The normalized spacial score (nSPS) is 10.2. The second-order valence-corrected chi connectivity index (χ2v) is 3.87. The molecule has 0 spiro atoms. The van der Waals surface area contributed by atoms with Crippen LogP contribution in [0.2, 0.25) is 0 Å². The van der Waals surface area contributed by atoms with Crippen molar-refractivity contribution in [2.24, 2.45) is 5.10 Å². The summed E-state index contributed by atoms with van der Waals surface area (Å²) in [4.78, 5) is 22.4. The zero-order chi connectivity index (χ0) is 12.7. The van der Waals surface area contributed by atoms with Crippen LogP contribution in [0.1, 0.15) is 17.3 Å². The first-order chi connectivity index (χ1) is 8.13. The lowest BCUT2D eigenvalue weighted by molar-refractivity contribution is -0.134. The summed E-state index contributed by atoms with van der Waals surface area (Å²) in [6, 6.07) is 6.76. The molecule has 0 radical (unpaired) electrons. The number of esters is 1. The fourth-order valence-corrected chi connectivity index (χ4v) is 1.25. The van der Waals surface area contributed by atoms with Gasteiger partial charge in [-0.15, -0.1) is 0 Å². The summed E-state index contributed by atoms with van der Waals surface area (Å²) in [5.74, 6) is -0.985. The molecular weight excluding hydrogens is 288 g/mol. The van der Waals surface area contributed by atoms with E-state index in [0.717, 1.165) is 10.7 Å². The molecule has 0 atom stereocenters. The van der Waals surface area contributed by atoms with Crippen molar-refractivity contribution in [3.63, 3.8) is 0 Å². The number of nitrogens with one attached hydrogen (secondary N) is 1. The molecule has 0 aliphatic heterocycles. The summed E-state index contributed by atoms with van der Waals surface area (Å²) in [5, 5.41) is 3.48. The molecule has 17 heavy (non-hydrogen) atoms. The third-order valence-electron chi connectivity index (χ3n) is 1.73. The molecule has 0 bridgehead atoms. The number of hydrazone groups is 1. The van der Waals surface area contributed by atoms with Crippen LogP contribution in [0.15, 0.2) is 33.8 Å². The topological polar surface area (TPSA) is 67.8 Å². The molecule has 1 amide bonds. The Kier molecular flexibility index (Phi) is 5.35. The van der Waals surface area contributed by atoms with Gasteiger partial charge in [-0.1, -0.05) is 15.9 Å². The van der Waals surface area contributed by atoms with E-state index in [9.17, 15) is 9.59 Å². The molecule has 1 N–H and O–H groups in total. The Labute approximate surface area is 107 Å². The monoisotopic (exact) mass is 298 g/mol. The fraction of sp³-hybridized carbons (Fsp3) is 0.182. The Morgan fingerprint density at radius 1 is 1.41 bits per heavy atom. The summed E-state index contributed by atoms with van der Waals surface area (Å²) in [6.45, 7) is 1.96. The lowest BCUT2D eigenvalue weighted by Crippen LogP contribution is -2.19. The Hall–Kier alpha value is -1.69. The summed E-state index contributed by atoms with van der Waals surface area (Å²) >= 11 is 3.26. The number of nitrogens with zero attached hydrogens (tertiary/aromatic N) is 1. The van der Waals surface area contributed by atoms with E-state index in [0.29, 0.717) is 5.56 Å². The van der Waals surface area contributed by atoms with Gasteiger partial charge in [0.2, 0.25) is 0 Å². The van der Waals surface area contributed by atoms with Crippen molar-refractivity contribution in [1.82, 2.24) is 5.43 Å². The maximum atomic E-state index is 11.5. The van der Waals surface area contributed by atoms with Gasteiger partial charge in [-0.3, -0.25) is 4.79 Å². The number of hydrogen-bond acceptors (Lipinski definition) is 4. The average Bonchev–Trinajstić information content (AvgIpc) is 2.30. The smallest absolute Gasteiger partial charge is 0.351 e. The molecular formula is C11H11BrN2O3. The van der Waals surface area contributed by atoms with E-state index in [1.807, 2.05) is 0 Å². The van der Waals surface area contributed by atoms with E-state index in [1.165, 1.54) is 0 Å². The second-order valence-electron chi connectivity index (χ2n) is 2.96. The van der Waals surface area contributed by atoms with Crippen LogP contribution in [0.4, 0.5) is 0 Å². The number of hydrogen-bond donors (Lipinski definition) is 1. The first-order valence-electron chi connectivity index (χ1n) is 4.89. The van der Waals surface area contributed by atoms with Crippen molar-refractivity contribution in [3.05, 3.63) is 34.3 Å². The number of amides is 1. The van der Waals surface area contributed by atoms with Crippen molar-refractivity contribution >= 4 is 34.0 Å². The average molecular weight is 299 g/mol. The van der Waals surface area contributed by atoms with Crippen LogP contribution < -0.4 is 5.43 Å². The van der Waals surface area contributed by atoms with Crippen LogP contribution in [0, 0.1) is 0 Å². The summed E-state index contributed by atoms with van der Waals surface area (Å²) in [5.41, 5.74) is 2.68. The van der Waals surface area contributed by atoms with Crippen molar-refractivity contribution in [2.45, 2.75) is 6.92 Å². The van der Waals surface area contributed by atoms with Gasteiger partial charge < -0.3 is 4.74 Å². The van der Waals surface area contributed by atoms with Crippen LogP contribution in [0.5, 0.6) is 0 Å². The fourth-order valence-electron chi connectivity index (χ4n) is 0.989. The van der Waals surface area contributed by atoms with Crippen LogP contribution in [-0.4, -0.2) is 24.7 Å². The SMILES string of the molecule is CCOC(=O)/C=N\NC(=O)c1ccc(Br)cc1. The molecule has 0 aliphatic carbocycles. The minimum Gasteiger partial charge on any atom is -0.462 e. The molecule has 0 aliphatic rings. The molecule has 6 heteroatoms. The minimum absolute atomic E-state index is 0.269. The highest BCUT2D eigenvalue weighted by Crippen LogP contribution is 2.10. The zero-order valence-corrected chi connectivity index (χ0v) is 10.7. The predicted octanol–water partition coefficient (Wildman–Crippen LogP) is 1.73. The van der Waals surface area contributed by atoms with Gasteiger partial charge in [0.15, 0.2) is 0 Å². The Morgan fingerprint density at radius 2 is 2.06 bits per heavy atom. The third-order valence-corrected chi connectivity index (χ3v) is 2.26. The molecule has 0 fully saturated rings. The molecule has 90 valence electrons. The van der Waals surface area contributed by atoms with E-state index in [1.54, 1.807) is 31.2 Å². The molecule has 0 unspecified atom stereocenters. The van der Waals surface area contributed by atoms with Crippen LogP contribution in [0.25, 0.3) is 0 Å². The van der Waals surface area contributed by atoms with E-state index in [-0.39, 0.29) is 6.61 Å². The lowest BCUT2D eigenvalue weighted by Gasteiger charge is -1.99. The van der Waals surface area contributed by atoms with Gasteiger partial charge in [0.25, 0.3) is 5.91 Å². The number of carbonyl (C=O) groups is 2. The van der Waals surface area contributed by atoms with Gasteiger partial charge in [-0.25, -0.2) is 10.2 Å². The van der Waals surface area contributed by atoms with Crippen molar-refractivity contribution in [3.8, 4) is 0 Å². The van der Waals surface area contributed by atoms with Crippen LogP contribution >= 0.6 is 15.9 Å². The van der Waals surface area contributed by atoms with Gasteiger partial charge in [0.05, 0.1) is 6.61 Å². The molecule has 1 rings (SSSR count). The van der Waals surface area contributed by atoms with Crippen molar-refractivity contribution in [1.29, 1.82) is 0 Å². The zero-order valence-electron chi connectivity index (χ0n) is 9.14. The molecule has 0 aromatic heterocycles. The molecule has 0 saturated heterocycles. The van der Waals surface area contributed by atoms with Gasteiger partial charge in [0, 0.05) is 10.0 Å². The standard InChI is InChI=1S/C11H11BrN2O3/c1-2-17-10(15)7-13-14-11(16)8-3-5-9(12)6-4-8/h3-7H,2H2,1H3,(H,14,16)/b13-7-. The maximum Gasteiger partial charge on any atom is 0.351 e. The summed E-state index contributed by atoms with van der Waals surface area (Å²) < 4.78 is 5.48. The molecule has 5 nitrogen and oxygen atoms in total. The number of ether oxygens (including phenoxy) is 1. The summed E-state index contributed by atoms with van der Waals surface area (Å²) in [6.07, 6.45) is 0.917. The largest absolute Gasteiger partial charge is 0.462 e.